The number of aromatic amines is 1. The monoisotopic (exact) mass is 519 g/mol. The van der Waals surface area contributed by atoms with Gasteiger partial charge in [-0.05, 0) is 37.1 Å². The number of para-hydroxylation sites is 1. The van der Waals surface area contributed by atoms with E-state index in [1.807, 2.05) is 24.3 Å². The summed E-state index contributed by atoms with van der Waals surface area (Å²) in [7, 11) is 3.13. The topological polar surface area (TPSA) is 110 Å². The number of carbonyl (C=O) groups excluding carboxylic acids is 1. The van der Waals surface area contributed by atoms with Crippen molar-refractivity contribution in [3.8, 4) is 22.9 Å². The van der Waals surface area contributed by atoms with Crippen LogP contribution >= 0.6 is 11.6 Å². The van der Waals surface area contributed by atoms with Crippen LogP contribution in [0.5, 0.6) is 11.6 Å². The lowest BCUT2D eigenvalue weighted by atomic mass is 9.96. The highest BCUT2D eigenvalue weighted by atomic mass is 35.5. The second kappa shape index (κ2) is 9.57. The molecule has 0 spiro atoms. The number of methoxy groups -OCH3 is 2. The third-order valence-electron chi connectivity index (χ3n) is 6.70. The lowest BCUT2D eigenvalue weighted by molar-refractivity contribution is 0.0869. The Morgan fingerprint density at radius 3 is 2.78 bits per heavy atom. The molecule has 1 saturated carbocycles. The minimum absolute atomic E-state index is 0.0283. The van der Waals surface area contributed by atoms with E-state index in [2.05, 4.69) is 25.6 Å². The molecular weight excluding hydrogens is 494 g/mol. The zero-order valence-corrected chi connectivity index (χ0v) is 21.2. The summed E-state index contributed by atoms with van der Waals surface area (Å²) in [6.45, 7) is 1.00. The smallest absolute Gasteiger partial charge is 0.255 e. The number of anilines is 2. The number of carbonyl (C=O) groups is 1. The van der Waals surface area contributed by atoms with Crippen LogP contribution in [-0.2, 0) is 4.74 Å². The van der Waals surface area contributed by atoms with Gasteiger partial charge < -0.3 is 29.8 Å². The van der Waals surface area contributed by atoms with Crippen LogP contribution in [0.3, 0.4) is 0 Å². The van der Waals surface area contributed by atoms with Crippen LogP contribution in [-0.4, -0.2) is 54.3 Å². The third-order valence-corrected chi connectivity index (χ3v) is 7.00. The number of amides is 1. The minimum atomic E-state index is -0.174. The fraction of sp³-hybridized carbons (Fsp3) is 0.296. The van der Waals surface area contributed by atoms with E-state index in [1.165, 1.54) is 0 Å². The molecule has 190 valence electrons. The molecule has 4 aromatic rings. The van der Waals surface area contributed by atoms with E-state index in [0.717, 1.165) is 24.1 Å². The Balaban J connectivity index is 1.55. The van der Waals surface area contributed by atoms with E-state index in [0.29, 0.717) is 69.6 Å². The van der Waals surface area contributed by atoms with Gasteiger partial charge in [-0.3, -0.25) is 9.78 Å². The first-order valence-electron chi connectivity index (χ1n) is 12.1. The van der Waals surface area contributed by atoms with Gasteiger partial charge in [0, 0.05) is 36.0 Å². The summed E-state index contributed by atoms with van der Waals surface area (Å²) in [6.07, 6.45) is 4.20. The fourth-order valence-corrected chi connectivity index (χ4v) is 4.95. The normalized spacial score (nSPS) is 16.8. The number of H-pyrrole nitrogens is 1. The van der Waals surface area contributed by atoms with Crippen LogP contribution in [0.25, 0.3) is 22.3 Å². The van der Waals surface area contributed by atoms with Gasteiger partial charge in [0.1, 0.15) is 5.52 Å². The van der Waals surface area contributed by atoms with E-state index in [1.54, 1.807) is 32.5 Å². The van der Waals surface area contributed by atoms with Crippen molar-refractivity contribution in [1.29, 1.82) is 0 Å². The number of fused-ring (bicyclic) bond motifs is 2. The predicted octanol–water partition coefficient (Wildman–Crippen LogP) is 5.05. The number of benzene rings is 1. The fourth-order valence-electron chi connectivity index (χ4n) is 4.70. The Hall–Kier alpha value is -3.82. The lowest BCUT2D eigenvalue weighted by Crippen LogP contribution is -2.36. The van der Waals surface area contributed by atoms with Crippen molar-refractivity contribution >= 4 is 39.9 Å². The Kier molecular flexibility index (Phi) is 6.10. The van der Waals surface area contributed by atoms with E-state index < -0.39 is 0 Å². The summed E-state index contributed by atoms with van der Waals surface area (Å²) >= 11 is 6.41. The number of rotatable bonds is 8. The van der Waals surface area contributed by atoms with Crippen molar-refractivity contribution in [1.82, 2.24) is 20.3 Å². The predicted molar refractivity (Wildman–Crippen MR) is 141 cm³/mol. The van der Waals surface area contributed by atoms with Gasteiger partial charge in [-0.2, -0.15) is 0 Å². The van der Waals surface area contributed by atoms with Crippen LogP contribution in [0.1, 0.15) is 34.8 Å². The third kappa shape index (κ3) is 4.34. The molecule has 0 radical (unpaired) electrons. The maximum atomic E-state index is 13.3. The molecule has 1 unspecified atom stereocenters. The molecule has 1 atom stereocenters. The summed E-state index contributed by atoms with van der Waals surface area (Å²) in [5.74, 6) is 0.749. The molecule has 10 heteroatoms. The van der Waals surface area contributed by atoms with Crippen LogP contribution in [0, 0.1) is 0 Å². The molecule has 0 saturated heterocycles. The SMILES string of the molecule is COc1ccc2nccc(-c3[nH]c4c(c3Nc3cccc(Cl)c3OC)C(=O)NCC4COC3CC3)c2n1. The highest BCUT2D eigenvalue weighted by Gasteiger charge is 2.35. The van der Waals surface area contributed by atoms with Gasteiger partial charge in [-0.25, -0.2) is 4.98 Å². The van der Waals surface area contributed by atoms with Crippen LogP contribution in [0.15, 0.2) is 42.6 Å². The maximum absolute atomic E-state index is 13.3. The molecule has 2 aliphatic rings. The quantitative estimate of drug-likeness (QED) is 0.299. The average Bonchev–Trinajstić information content (AvgIpc) is 3.67. The Morgan fingerprint density at radius 2 is 2.00 bits per heavy atom. The number of nitrogens with one attached hydrogen (secondary N) is 3. The zero-order valence-electron chi connectivity index (χ0n) is 20.4. The van der Waals surface area contributed by atoms with E-state index >= 15 is 0 Å². The summed E-state index contributed by atoms with van der Waals surface area (Å²) < 4.78 is 17.0. The zero-order chi connectivity index (χ0) is 25.5. The van der Waals surface area contributed by atoms with Crippen molar-refractivity contribution in [3.05, 3.63) is 58.9 Å². The number of halogens is 1. The summed E-state index contributed by atoms with van der Waals surface area (Å²) in [6, 6.07) is 10.9. The van der Waals surface area contributed by atoms with Gasteiger partial charge in [0.25, 0.3) is 5.91 Å². The van der Waals surface area contributed by atoms with Crippen molar-refractivity contribution in [2.24, 2.45) is 0 Å². The summed E-state index contributed by atoms with van der Waals surface area (Å²) in [4.78, 5) is 26.0. The van der Waals surface area contributed by atoms with E-state index in [-0.39, 0.29) is 11.8 Å². The molecule has 1 aliphatic heterocycles. The van der Waals surface area contributed by atoms with Crippen molar-refractivity contribution in [2.45, 2.75) is 24.9 Å². The van der Waals surface area contributed by atoms with Crippen LogP contribution in [0.4, 0.5) is 11.4 Å². The van der Waals surface area contributed by atoms with Crippen molar-refractivity contribution in [2.75, 3.05) is 32.7 Å². The van der Waals surface area contributed by atoms with E-state index in [9.17, 15) is 4.79 Å². The molecule has 1 aromatic carbocycles. The van der Waals surface area contributed by atoms with Gasteiger partial charge in [-0.1, -0.05) is 17.7 Å². The lowest BCUT2D eigenvalue weighted by Gasteiger charge is -2.24. The first-order chi connectivity index (χ1) is 18.1. The van der Waals surface area contributed by atoms with Gasteiger partial charge in [0.15, 0.2) is 5.75 Å². The summed E-state index contributed by atoms with van der Waals surface area (Å²) in [5, 5.41) is 6.93. The number of pyridine rings is 2. The Morgan fingerprint density at radius 1 is 1.14 bits per heavy atom. The van der Waals surface area contributed by atoms with Gasteiger partial charge >= 0.3 is 0 Å². The molecule has 37 heavy (non-hydrogen) atoms. The molecule has 9 nitrogen and oxygen atoms in total. The van der Waals surface area contributed by atoms with Crippen LogP contribution < -0.4 is 20.1 Å². The van der Waals surface area contributed by atoms with Gasteiger partial charge in [-0.15, -0.1) is 0 Å². The molecule has 1 aliphatic carbocycles. The number of nitrogens with zero attached hydrogens (tertiary/aromatic N) is 2. The molecule has 4 heterocycles. The highest BCUT2D eigenvalue weighted by molar-refractivity contribution is 6.32. The van der Waals surface area contributed by atoms with E-state index in [4.69, 9.17) is 25.8 Å². The average molecular weight is 520 g/mol. The van der Waals surface area contributed by atoms with Gasteiger partial charge in [0.2, 0.25) is 5.88 Å². The second-order valence-corrected chi connectivity index (χ2v) is 9.54. The number of hydrogen-bond donors (Lipinski definition) is 3. The molecule has 0 bridgehead atoms. The first-order valence-corrected chi connectivity index (χ1v) is 12.5. The van der Waals surface area contributed by atoms with Crippen LogP contribution in [0.2, 0.25) is 5.02 Å². The molecule has 6 rings (SSSR count). The number of hydrogen-bond acceptors (Lipinski definition) is 7. The number of aromatic nitrogens is 3. The Labute approximate surface area is 218 Å². The van der Waals surface area contributed by atoms with Crippen molar-refractivity contribution in [3.63, 3.8) is 0 Å². The van der Waals surface area contributed by atoms with Crippen molar-refractivity contribution < 1.29 is 19.0 Å². The molecular formula is C27H26ClN5O4. The minimum Gasteiger partial charge on any atom is -0.493 e. The molecule has 3 N–H and O–H groups in total. The standard InChI is InChI=1S/C27H26ClN5O4/c1-35-20-9-8-18-23(32-20)16(10-11-29-18)24-25(31-19-5-3-4-17(28)26(19)36-2)21-22(33-24)14(12-30-27(21)34)13-37-15-6-7-15/h3-5,8-11,14-15,31,33H,6-7,12-13H2,1-2H3,(H,30,34). The molecule has 1 fully saturated rings. The Bertz CT molecular complexity index is 1500. The molecule has 1 amide bonds. The number of ether oxygens (including phenoxy) is 3. The highest BCUT2D eigenvalue weighted by Crippen LogP contribution is 2.44. The molecule has 3 aromatic heterocycles. The maximum Gasteiger partial charge on any atom is 0.255 e. The first kappa shape index (κ1) is 23.6. The second-order valence-electron chi connectivity index (χ2n) is 9.13. The van der Waals surface area contributed by atoms with Gasteiger partial charge in [0.05, 0.1) is 60.1 Å². The largest absolute Gasteiger partial charge is 0.493 e. The summed E-state index contributed by atoms with van der Waals surface area (Å²) in [5.41, 5.74) is 5.40.